The molecule has 0 aliphatic rings. The van der Waals surface area contributed by atoms with Gasteiger partial charge >= 0.3 is 0 Å². The van der Waals surface area contributed by atoms with E-state index in [4.69, 9.17) is 0 Å². The molecular formula is C10H21NS. The van der Waals surface area contributed by atoms with Crippen molar-refractivity contribution in [2.45, 2.75) is 37.7 Å². The second-order valence-corrected chi connectivity index (χ2v) is 4.99. The predicted octanol–water partition coefficient (Wildman–Crippen LogP) is 2.68. The van der Waals surface area contributed by atoms with E-state index >= 15 is 0 Å². The molecule has 0 saturated carbocycles. The van der Waals surface area contributed by atoms with Crippen LogP contribution in [0.3, 0.4) is 0 Å². The first-order valence-electron chi connectivity index (χ1n) is 4.67. The second kappa shape index (κ2) is 7.69. The van der Waals surface area contributed by atoms with Crippen LogP contribution in [0.15, 0.2) is 12.7 Å². The Bertz CT molecular complexity index is 114. The average molecular weight is 187 g/mol. The molecule has 0 aromatic carbocycles. The number of rotatable bonds is 7. The van der Waals surface area contributed by atoms with Crippen molar-refractivity contribution in [2.75, 3.05) is 13.1 Å². The molecule has 0 aliphatic heterocycles. The summed E-state index contributed by atoms with van der Waals surface area (Å²) in [6, 6.07) is 0. The maximum Gasteiger partial charge on any atom is 0.0146 e. The molecule has 0 spiro atoms. The monoisotopic (exact) mass is 187 g/mol. The summed E-state index contributed by atoms with van der Waals surface area (Å²) in [5.74, 6) is 0. The van der Waals surface area contributed by atoms with Gasteiger partial charge in [-0.05, 0) is 6.42 Å². The van der Waals surface area contributed by atoms with Crippen LogP contribution in [0.1, 0.15) is 27.2 Å². The summed E-state index contributed by atoms with van der Waals surface area (Å²) in [4.78, 5) is 0. The van der Waals surface area contributed by atoms with Crippen LogP contribution in [0.2, 0.25) is 0 Å². The van der Waals surface area contributed by atoms with E-state index in [2.05, 4.69) is 44.4 Å². The van der Waals surface area contributed by atoms with Crippen LogP contribution in [-0.4, -0.2) is 23.6 Å². The van der Waals surface area contributed by atoms with Crippen LogP contribution >= 0.6 is 11.8 Å². The highest BCUT2D eigenvalue weighted by Gasteiger charge is 2.05. The van der Waals surface area contributed by atoms with Gasteiger partial charge in [-0.1, -0.05) is 26.8 Å². The second-order valence-electron chi connectivity index (χ2n) is 3.11. The van der Waals surface area contributed by atoms with Crippen molar-refractivity contribution in [3.63, 3.8) is 0 Å². The zero-order chi connectivity index (χ0) is 9.40. The zero-order valence-electron chi connectivity index (χ0n) is 8.47. The molecular weight excluding hydrogens is 166 g/mol. The Morgan fingerprint density at radius 3 is 2.58 bits per heavy atom. The first kappa shape index (κ1) is 12.0. The van der Waals surface area contributed by atoms with Gasteiger partial charge in [0, 0.05) is 23.6 Å². The van der Waals surface area contributed by atoms with Crippen molar-refractivity contribution < 1.29 is 0 Å². The molecule has 0 aromatic rings. The van der Waals surface area contributed by atoms with Gasteiger partial charge in [-0.3, -0.25) is 0 Å². The minimum atomic E-state index is 0.708. The first-order chi connectivity index (χ1) is 5.70. The fourth-order valence-electron chi connectivity index (χ4n) is 0.930. The van der Waals surface area contributed by atoms with E-state index in [1.54, 1.807) is 0 Å². The summed E-state index contributed by atoms with van der Waals surface area (Å²) in [5.41, 5.74) is 0. The van der Waals surface area contributed by atoms with Crippen molar-refractivity contribution in [1.82, 2.24) is 5.32 Å². The van der Waals surface area contributed by atoms with Crippen molar-refractivity contribution in [1.29, 1.82) is 0 Å². The summed E-state index contributed by atoms with van der Waals surface area (Å²) in [6.45, 7) is 12.5. The van der Waals surface area contributed by atoms with Crippen LogP contribution in [0.25, 0.3) is 0 Å². The maximum atomic E-state index is 3.67. The molecule has 2 atom stereocenters. The van der Waals surface area contributed by atoms with Crippen LogP contribution in [0.4, 0.5) is 0 Å². The Hall–Kier alpha value is 0.0500. The normalized spacial score (nSPS) is 15.6. The number of thioether (sulfide) groups is 1. The zero-order valence-corrected chi connectivity index (χ0v) is 9.29. The van der Waals surface area contributed by atoms with Gasteiger partial charge in [-0.25, -0.2) is 0 Å². The molecule has 0 fully saturated rings. The molecule has 2 unspecified atom stereocenters. The van der Waals surface area contributed by atoms with E-state index in [0.717, 1.165) is 18.3 Å². The van der Waals surface area contributed by atoms with Gasteiger partial charge in [0.1, 0.15) is 0 Å². The van der Waals surface area contributed by atoms with Crippen LogP contribution in [0, 0.1) is 0 Å². The maximum absolute atomic E-state index is 3.67. The van der Waals surface area contributed by atoms with Crippen LogP contribution in [0.5, 0.6) is 0 Å². The van der Waals surface area contributed by atoms with E-state index in [-0.39, 0.29) is 0 Å². The quantitative estimate of drug-likeness (QED) is 0.486. The van der Waals surface area contributed by atoms with Gasteiger partial charge in [0.2, 0.25) is 0 Å². The first-order valence-corrected chi connectivity index (χ1v) is 5.62. The Balaban J connectivity index is 3.32. The largest absolute Gasteiger partial charge is 0.312 e. The standard InChI is InChI=1S/C10H21NS/c1-5-7-11-8-10(4)12-9(3)6-2/h5,9-11H,1,6-8H2,2-4H3. The minimum Gasteiger partial charge on any atom is -0.312 e. The van der Waals surface area contributed by atoms with E-state index in [0.29, 0.717) is 5.25 Å². The van der Waals surface area contributed by atoms with Crippen molar-refractivity contribution in [3.8, 4) is 0 Å². The van der Waals surface area contributed by atoms with Crippen molar-refractivity contribution >= 4 is 11.8 Å². The lowest BCUT2D eigenvalue weighted by Crippen LogP contribution is -2.23. The van der Waals surface area contributed by atoms with Gasteiger partial charge in [-0.15, -0.1) is 6.58 Å². The lowest BCUT2D eigenvalue weighted by atomic mass is 10.4. The molecule has 0 heterocycles. The highest BCUT2D eigenvalue weighted by Crippen LogP contribution is 2.18. The topological polar surface area (TPSA) is 12.0 Å². The number of hydrogen-bond acceptors (Lipinski definition) is 2. The summed E-state index contributed by atoms with van der Waals surface area (Å²) in [5, 5.41) is 4.82. The van der Waals surface area contributed by atoms with Crippen LogP contribution < -0.4 is 5.32 Å². The molecule has 0 rings (SSSR count). The average Bonchev–Trinajstić information content (AvgIpc) is 2.05. The van der Waals surface area contributed by atoms with Crippen LogP contribution in [-0.2, 0) is 0 Å². The van der Waals surface area contributed by atoms with E-state index in [9.17, 15) is 0 Å². The highest BCUT2D eigenvalue weighted by atomic mass is 32.2. The number of nitrogens with one attached hydrogen (secondary N) is 1. The minimum absolute atomic E-state index is 0.708. The Morgan fingerprint density at radius 1 is 1.42 bits per heavy atom. The fourth-order valence-corrected chi connectivity index (χ4v) is 2.13. The molecule has 0 amide bonds. The third-order valence-electron chi connectivity index (χ3n) is 1.76. The molecule has 1 nitrogen and oxygen atoms in total. The Morgan fingerprint density at radius 2 is 2.08 bits per heavy atom. The Labute approximate surface area is 81.0 Å². The third kappa shape index (κ3) is 6.74. The predicted molar refractivity (Wildman–Crippen MR) is 59.9 cm³/mol. The molecule has 2 heteroatoms. The Kier molecular flexibility index (Phi) is 7.72. The molecule has 1 N–H and O–H groups in total. The molecule has 0 radical (unpaired) electrons. The van der Waals surface area contributed by atoms with E-state index in [1.807, 2.05) is 6.08 Å². The van der Waals surface area contributed by atoms with E-state index < -0.39 is 0 Å². The van der Waals surface area contributed by atoms with Crippen molar-refractivity contribution in [2.24, 2.45) is 0 Å². The lowest BCUT2D eigenvalue weighted by Gasteiger charge is -2.15. The molecule has 72 valence electrons. The highest BCUT2D eigenvalue weighted by molar-refractivity contribution is 8.00. The van der Waals surface area contributed by atoms with Gasteiger partial charge in [0.25, 0.3) is 0 Å². The smallest absolute Gasteiger partial charge is 0.0146 e. The molecule has 0 bridgehead atoms. The number of hydrogen-bond donors (Lipinski definition) is 1. The summed E-state index contributed by atoms with van der Waals surface area (Å²) < 4.78 is 0. The van der Waals surface area contributed by atoms with Gasteiger partial charge in [0.05, 0.1) is 0 Å². The fraction of sp³-hybridized carbons (Fsp3) is 0.800. The molecule has 0 saturated heterocycles. The lowest BCUT2D eigenvalue weighted by molar-refractivity contribution is 0.736. The SMILES string of the molecule is C=CCNCC(C)SC(C)CC. The van der Waals surface area contributed by atoms with Gasteiger partial charge in [0.15, 0.2) is 0 Å². The molecule has 0 aromatic heterocycles. The third-order valence-corrected chi connectivity index (χ3v) is 3.19. The summed E-state index contributed by atoms with van der Waals surface area (Å²) in [6.07, 6.45) is 3.16. The molecule has 0 aliphatic carbocycles. The van der Waals surface area contributed by atoms with Gasteiger partial charge in [-0.2, -0.15) is 11.8 Å². The molecule has 12 heavy (non-hydrogen) atoms. The summed E-state index contributed by atoms with van der Waals surface area (Å²) >= 11 is 2.05. The van der Waals surface area contributed by atoms with Gasteiger partial charge < -0.3 is 5.32 Å². The summed E-state index contributed by atoms with van der Waals surface area (Å²) in [7, 11) is 0. The van der Waals surface area contributed by atoms with E-state index in [1.165, 1.54) is 6.42 Å². The van der Waals surface area contributed by atoms with Crippen molar-refractivity contribution in [3.05, 3.63) is 12.7 Å².